The predicted octanol–water partition coefficient (Wildman–Crippen LogP) is 1.78. The lowest BCUT2D eigenvalue weighted by Gasteiger charge is -2.24. The fourth-order valence-electron chi connectivity index (χ4n) is 1.34. The Labute approximate surface area is 123 Å². The van der Waals surface area contributed by atoms with E-state index in [-0.39, 0.29) is 18.9 Å². The number of hydrogen-bond donors (Lipinski definition) is 0. The molecule has 0 saturated heterocycles. The minimum absolute atomic E-state index is 0.113. The SMILES string of the molecule is CCOC(=O)/C=C(/C(=O)OCC)N(CCCl)CCCl. The molecule has 0 saturated carbocycles. The highest BCUT2D eigenvalue weighted by Gasteiger charge is 2.20. The molecule has 0 radical (unpaired) electrons. The van der Waals surface area contributed by atoms with Crippen LogP contribution in [0.4, 0.5) is 0 Å². The lowest BCUT2D eigenvalue weighted by molar-refractivity contribution is -0.142. The second kappa shape index (κ2) is 10.9. The van der Waals surface area contributed by atoms with E-state index in [9.17, 15) is 9.59 Å². The first-order valence-electron chi connectivity index (χ1n) is 6.03. The topological polar surface area (TPSA) is 55.8 Å². The number of esters is 2. The molecule has 0 spiro atoms. The number of carbonyl (C=O) groups is 2. The highest BCUT2D eigenvalue weighted by molar-refractivity contribution is 6.18. The molecule has 0 aliphatic heterocycles. The Bertz CT molecular complexity index is 315. The van der Waals surface area contributed by atoms with Crippen LogP contribution in [0.1, 0.15) is 13.8 Å². The molecule has 110 valence electrons. The zero-order valence-electron chi connectivity index (χ0n) is 11.2. The van der Waals surface area contributed by atoms with E-state index in [1.807, 2.05) is 0 Å². The molecule has 0 aromatic heterocycles. The van der Waals surface area contributed by atoms with Crippen molar-refractivity contribution in [3.63, 3.8) is 0 Å². The van der Waals surface area contributed by atoms with E-state index in [1.165, 1.54) is 0 Å². The van der Waals surface area contributed by atoms with Crippen molar-refractivity contribution in [1.29, 1.82) is 0 Å². The van der Waals surface area contributed by atoms with E-state index in [1.54, 1.807) is 18.7 Å². The Hall–Kier alpha value is -0.940. The van der Waals surface area contributed by atoms with Crippen molar-refractivity contribution in [2.24, 2.45) is 0 Å². The van der Waals surface area contributed by atoms with Crippen molar-refractivity contribution in [1.82, 2.24) is 4.90 Å². The van der Waals surface area contributed by atoms with Crippen LogP contribution in [-0.4, -0.2) is 54.9 Å². The number of halogens is 2. The number of nitrogens with zero attached hydrogens (tertiary/aromatic N) is 1. The normalized spacial score (nSPS) is 11.1. The molecule has 19 heavy (non-hydrogen) atoms. The van der Waals surface area contributed by atoms with E-state index in [0.717, 1.165) is 6.08 Å². The van der Waals surface area contributed by atoms with Crippen LogP contribution in [0.2, 0.25) is 0 Å². The molecule has 5 nitrogen and oxygen atoms in total. The molecule has 0 heterocycles. The summed E-state index contributed by atoms with van der Waals surface area (Å²) in [5.74, 6) is -0.585. The molecule has 0 aromatic carbocycles. The Morgan fingerprint density at radius 3 is 2.00 bits per heavy atom. The smallest absolute Gasteiger partial charge is 0.354 e. The van der Waals surface area contributed by atoms with Gasteiger partial charge in [-0.3, -0.25) is 0 Å². The fourth-order valence-corrected chi connectivity index (χ4v) is 1.74. The van der Waals surface area contributed by atoms with Gasteiger partial charge in [0.25, 0.3) is 0 Å². The maximum Gasteiger partial charge on any atom is 0.354 e. The van der Waals surface area contributed by atoms with Crippen LogP contribution < -0.4 is 0 Å². The van der Waals surface area contributed by atoms with Gasteiger partial charge in [0.05, 0.1) is 19.3 Å². The molecule has 0 fully saturated rings. The van der Waals surface area contributed by atoms with E-state index >= 15 is 0 Å². The highest BCUT2D eigenvalue weighted by Crippen LogP contribution is 2.09. The van der Waals surface area contributed by atoms with Gasteiger partial charge >= 0.3 is 11.9 Å². The number of alkyl halides is 2. The van der Waals surface area contributed by atoms with Crippen LogP contribution in [0, 0.1) is 0 Å². The van der Waals surface area contributed by atoms with Gasteiger partial charge in [-0.05, 0) is 13.8 Å². The third-order valence-corrected chi connectivity index (χ3v) is 2.41. The van der Waals surface area contributed by atoms with Crippen LogP contribution in [0.15, 0.2) is 11.8 Å². The molecule has 0 bridgehead atoms. The monoisotopic (exact) mass is 311 g/mol. The first-order valence-corrected chi connectivity index (χ1v) is 7.10. The van der Waals surface area contributed by atoms with E-state index in [0.29, 0.717) is 24.8 Å². The van der Waals surface area contributed by atoms with Gasteiger partial charge < -0.3 is 14.4 Å². The molecule has 0 aliphatic carbocycles. The number of rotatable bonds is 9. The molecule has 0 amide bonds. The summed E-state index contributed by atoms with van der Waals surface area (Å²) in [5.41, 5.74) is 0.113. The molecular formula is C12H19Cl2NO4. The van der Waals surface area contributed by atoms with Gasteiger partial charge in [-0.1, -0.05) is 0 Å². The minimum atomic E-state index is -0.598. The number of carbonyl (C=O) groups excluding carboxylic acids is 2. The van der Waals surface area contributed by atoms with Crippen molar-refractivity contribution < 1.29 is 19.1 Å². The van der Waals surface area contributed by atoms with Crippen molar-refractivity contribution in [3.8, 4) is 0 Å². The van der Waals surface area contributed by atoms with Crippen LogP contribution >= 0.6 is 23.2 Å². The second-order valence-corrected chi connectivity index (χ2v) is 4.12. The second-order valence-electron chi connectivity index (χ2n) is 3.37. The lowest BCUT2D eigenvalue weighted by atomic mass is 10.3. The molecule has 0 N–H and O–H groups in total. The molecule has 0 aliphatic rings. The summed E-state index contributed by atoms with van der Waals surface area (Å²) < 4.78 is 9.71. The van der Waals surface area contributed by atoms with E-state index in [4.69, 9.17) is 32.7 Å². The molecule has 0 aromatic rings. The average Bonchev–Trinajstić information content (AvgIpc) is 2.36. The third-order valence-electron chi connectivity index (χ3n) is 2.08. The van der Waals surface area contributed by atoms with Crippen molar-refractivity contribution in [3.05, 3.63) is 11.8 Å². The quantitative estimate of drug-likeness (QED) is 0.369. The zero-order valence-corrected chi connectivity index (χ0v) is 12.7. The van der Waals surface area contributed by atoms with Gasteiger partial charge in [-0.25, -0.2) is 9.59 Å². The zero-order chi connectivity index (χ0) is 14.7. The third kappa shape index (κ3) is 7.28. The van der Waals surface area contributed by atoms with Crippen molar-refractivity contribution >= 4 is 35.1 Å². The summed E-state index contributed by atoms with van der Waals surface area (Å²) in [6.07, 6.45) is 1.11. The van der Waals surface area contributed by atoms with Gasteiger partial charge in [-0.15, -0.1) is 23.2 Å². The predicted molar refractivity (Wildman–Crippen MR) is 74.4 cm³/mol. The van der Waals surface area contributed by atoms with Crippen molar-refractivity contribution in [2.75, 3.05) is 38.1 Å². The van der Waals surface area contributed by atoms with Crippen molar-refractivity contribution in [2.45, 2.75) is 13.8 Å². The Morgan fingerprint density at radius 1 is 1.05 bits per heavy atom. The fraction of sp³-hybridized carbons (Fsp3) is 0.667. The first-order chi connectivity index (χ1) is 9.10. The van der Waals surface area contributed by atoms with Gasteiger partial charge in [0.1, 0.15) is 5.70 Å². The summed E-state index contributed by atoms with van der Waals surface area (Å²) in [5, 5.41) is 0. The van der Waals surface area contributed by atoms with E-state index < -0.39 is 11.9 Å². The van der Waals surface area contributed by atoms with Crippen LogP contribution in [0.25, 0.3) is 0 Å². The molecule has 7 heteroatoms. The minimum Gasteiger partial charge on any atom is -0.463 e. The molecule has 0 unspecified atom stereocenters. The largest absolute Gasteiger partial charge is 0.463 e. The number of ether oxygens (including phenoxy) is 2. The summed E-state index contributed by atoms with van der Waals surface area (Å²) in [4.78, 5) is 24.9. The van der Waals surface area contributed by atoms with Gasteiger partial charge in [0.2, 0.25) is 0 Å². The lowest BCUT2D eigenvalue weighted by Crippen LogP contribution is -2.33. The Balaban J connectivity index is 5.09. The van der Waals surface area contributed by atoms with Gasteiger partial charge in [0.15, 0.2) is 0 Å². The molecular weight excluding hydrogens is 293 g/mol. The summed E-state index contributed by atoms with van der Waals surface area (Å²) >= 11 is 11.4. The highest BCUT2D eigenvalue weighted by atomic mass is 35.5. The summed E-state index contributed by atoms with van der Waals surface area (Å²) in [7, 11) is 0. The van der Waals surface area contributed by atoms with Crippen LogP contribution in [-0.2, 0) is 19.1 Å². The van der Waals surface area contributed by atoms with Gasteiger partial charge in [0, 0.05) is 24.8 Å². The maximum absolute atomic E-state index is 11.8. The number of hydrogen-bond acceptors (Lipinski definition) is 5. The molecule has 0 atom stereocenters. The van der Waals surface area contributed by atoms with Crippen LogP contribution in [0.5, 0.6) is 0 Å². The average molecular weight is 312 g/mol. The van der Waals surface area contributed by atoms with Crippen LogP contribution in [0.3, 0.4) is 0 Å². The Kier molecular flexibility index (Phi) is 10.4. The first kappa shape index (κ1) is 18.1. The maximum atomic E-state index is 11.8. The van der Waals surface area contributed by atoms with Gasteiger partial charge in [-0.2, -0.15) is 0 Å². The summed E-state index contributed by atoms with van der Waals surface area (Å²) in [6, 6.07) is 0. The van der Waals surface area contributed by atoms with E-state index in [2.05, 4.69) is 0 Å². The standard InChI is InChI=1S/C12H19Cl2NO4/c1-3-18-11(16)9-10(12(17)19-4-2)15(7-5-13)8-6-14/h9H,3-8H2,1-2H3/b10-9-. The Morgan fingerprint density at radius 2 is 1.58 bits per heavy atom. The summed E-state index contributed by atoms with van der Waals surface area (Å²) in [6.45, 7) is 4.60. The molecule has 0 rings (SSSR count).